The van der Waals surface area contributed by atoms with Crippen molar-refractivity contribution in [2.45, 2.75) is 33.2 Å². The average Bonchev–Trinajstić information content (AvgIpc) is 3.02. The highest BCUT2D eigenvalue weighted by Gasteiger charge is 2.27. The molecule has 0 spiro atoms. The van der Waals surface area contributed by atoms with Gasteiger partial charge in [0.2, 0.25) is 5.91 Å². The second-order valence-electron chi connectivity index (χ2n) is 6.60. The highest BCUT2D eigenvalue weighted by molar-refractivity contribution is 5.95. The molecule has 1 saturated heterocycles. The third-order valence-corrected chi connectivity index (χ3v) is 4.55. The number of carbonyl (C=O) groups is 2. The van der Waals surface area contributed by atoms with Crippen molar-refractivity contribution in [3.63, 3.8) is 0 Å². The molecule has 1 aliphatic heterocycles. The molecule has 0 bridgehead atoms. The monoisotopic (exact) mass is 337 g/mol. The smallest absolute Gasteiger partial charge is 0.253 e. The molecule has 1 aliphatic rings. The molecule has 1 aromatic carbocycles. The van der Waals surface area contributed by atoms with Gasteiger partial charge in [-0.3, -0.25) is 14.6 Å². The Bertz CT molecular complexity index is 799. The van der Waals surface area contributed by atoms with E-state index in [1.165, 1.54) is 6.92 Å². The SMILES string of the molecule is CC(=O)N[C@H]1CCN(C(=O)c2ccc(-c3ccc(C)nc3C)cc2)C1. The van der Waals surface area contributed by atoms with Gasteiger partial charge >= 0.3 is 0 Å². The van der Waals surface area contributed by atoms with Crippen LogP contribution >= 0.6 is 0 Å². The van der Waals surface area contributed by atoms with Crippen molar-refractivity contribution in [2.24, 2.45) is 0 Å². The van der Waals surface area contributed by atoms with E-state index in [9.17, 15) is 9.59 Å². The maximum absolute atomic E-state index is 12.6. The van der Waals surface area contributed by atoms with Crippen molar-refractivity contribution in [1.82, 2.24) is 15.2 Å². The Hall–Kier alpha value is -2.69. The van der Waals surface area contributed by atoms with Crippen LogP contribution in [-0.2, 0) is 4.79 Å². The summed E-state index contributed by atoms with van der Waals surface area (Å²) in [7, 11) is 0. The minimum Gasteiger partial charge on any atom is -0.352 e. The number of nitrogens with one attached hydrogen (secondary N) is 1. The average molecular weight is 337 g/mol. The lowest BCUT2D eigenvalue weighted by Gasteiger charge is -2.17. The van der Waals surface area contributed by atoms with E-state index >= 15 is 0 Å². The minimum absolute atomic E-state index is 0.0122. The summed E-state index contributed by atoms with van der Waals surface area (Å²) in [6.07, 6.45) is 0.803. The van der Waals surface area contributed by atoms with Crippen LogP contribution in [-0.4, -0.2) is 40.8 Å². The van der Waals surface area contributed by atoms with Crippen LogP contribution in [0.25, 0.3) is 11.1 Å². The number of hydrogen-bond donors (Lipinski definition) is 1. The van der Waals surface area contributed by atoms with E-state index in [4.69, 9.17) is 0 Å². The molecule has 1 N–H and O–H groups in total. The largest absolute Gasteiger partial charge is 0.352 e. The Morgan fingerprint density at radius 2 is 1.84 bits per heavy atom. The zero-order valence-corrected chi connectivity index (χ0v) is 14.9. The van der Waals surface area contributed by atoms with E-state index in [0.717, 1.165) is 28.9 Å². The number of likely N-dealkylation sites (tertiary alicyclic amines) is 1. The van der Waals surface area contributed by atoms with Crippen LogP contribution < -0.4 is 5.32 Å². The number of amides is 2. The first-order valence-corrected chi connectivity index (χ1v) is 8.55. The summed E-state index contributed by atoms with van der Waals surface area (Å²) in [4.78, 5) is 30.1. The minimum atomic E-state index is -0.0503. The molecule has 2 heterocycles. The Morgan fingerprint density at radius 1 is 1.12 bits per heavy atom. The number of carbonyl (C=O) groups excluding carboxylic acids is 2. The lowest BCUT2D eigenvalue weighted by molar-refractivity contribution is -0.119. The summed E-state index contributed by atoms with van der Waals surface area (Å²) in [6.45, 7) is 6.72. The number of nitrogens with zero attached hydrogens (tertiary/aromatic N) is 2. The third kappa shape index (κ3) is 3.87. The van der Waals surface area contributed by atoms with Gasteiger partial charge in [0.15, 0.2) is 0 Å². The first-order chi connectivity index (χ1) is 11.9. The molecule has 0 aliphatic carbocycles. The molecular weight excluding hydrogens is 314 g/mol. The molecule has 1 aromatic heterocycles. The van der Waals surface area contributed by atoms with Gasteiger partial charge in [0, 0.05) is 48.6 Å². The fraction of sp³-hybridized carbons (Fsp3) is 0.350. The summed E-state index contributed by atoms with van der Waals surface area (Å²) in [5, 5.41) is 2.88. The topological polar surface area (TPSA) is 62.3 Å². The third-order valence-electron chi connectivity index (χ3n) is 4.55. The molecule has 25 heavy (non-hydrogen) atoms. The fourth-order valence-corrected chi connectivity index (χ4v) is 3.32. The van der Waals surface area contributed by atoms with Crippen LogP contribution in [0.15, 0.2) is 36.4 Å². The van der Waals surface area contributed by atoms with Gasteiger partial charge in [-0.05, 0) is 44.0 Å². The van der Waals surface area contributed by atoms with E-state index in [2.05, 4.69) is 16.4 Å². The summed E-state index contributed by atoms with van der Waals surface area (Å²) in [5.74, 6) is -0.0381. The van der Waals surface area contributed by atoms with Crippen LogP contribution in [0.1, 0.15) is 35.1 Å². The van der Waals surface area contributed by atoms with Crippen LogP contribution in [0.5, 0.6) is 0 Å². The lowest BCUT2D eigenvalue weighted by atomic mass is 10.0. The van der Waals surface area contributed by atoms with Crippen LogP contribution in [0.3, 0.4) is 0 Å². The number of aryl methyl sites for hydroxylation is 2. The number of benzene rings is 1. The molecule has 2 aromatic rings. The van der Waals surface area contributed by atoms with Crippen molar-refractivity contribution in [3.05, 3.63) is 53.3 Å². The molecule has 0 saturated carbocycles. The number of hydrogen-bond acceptors (Lipinski definition) is 3. The van der Waals surface area contributed by atoms with Gasteiger partial charge in [-0.25, -0.2) is 0 Å². The summed E-state index contributed by atoms with van der Waals surface area (Å²) < 4.78 is 0. The number of rotatable bonds is 3. The van der Waals surface area contributed by atoms with E-state index in [-0.39, 0.29) is 17.9 Å². The zero-order chi connectivity index (χ0) is 18.0. The highest BCUT2D eigenvalue weighted by Crippen LogP contribution is 2.23. The lowest BCUT2D eigenvalue weighted by Crippen LogP contribution is -2.37. The summed E-state index contributed by atoms with van der Waals surface area (Å²) in [6, 6.07) is 11.8. The van der Waals surface area contributed by atoms with Gasteiger partial charge in [-0.15, -0.1) is 0 Å². The van der Waals surface area contributed by atoms with Crippen molar-refractivity contribution in [1.29, 1.82) is 0 Å². The number of aromatic nitrogens is 1. The molecule has 0 radical (unpaired) electrons. The Balaban J connectivity index is 1.72. The van der Waals surface area contributed by atoms with Gasteiger partial charge < -0.3 is 10.2 Å². The molecule has 5 nitrogen and oxygen atoms in total. The van der Waals surface area contributed by atoms with E-state index in [1.807, 2.05) is 44.2 Å². The van der Waals surface area contributed by atoms with Gasteiger partial charge in [0.05, 0.1) is 0 Å². The van der Waals surface area contributed by atoms with Crippen LogP contribution in [0, 0.1) is 13.8 Å². The molecule has 1 fully saturated rings. The molecule has 0 unspecified atom stereocenters. The first kappa shape index (κ1) is 17.1. The first-order valence-electron chi connectivity index (χ1n) is 8.55. The summed E-state index contributed by atoms with van der Waals surface area (Å²) >= 11 is 0. The van der Waals surface area contributed by atoms with Crippen molar-refractivity contribution < 1.29 is 9.59 Å². The second-order valence-corrected chi connectivity index (χ2v) is 6.60. The maximum atomic E-state index is 12.6. The van der Waals surface area contributed by atoms with Gasteiger partial charge in [-0.2, -0.15) is 0 Å². The highest BCUT2D eigenvalue weighted by atomic mass is 16.2. The van der Waals surface area contributed by atoms with E-state index in [0.29, 0.717) is 18.7 Å². The second kappa shape index (κ2) is 7.05. The van der Waals surface area contributed by atoms with Gasteiger partial charge in [-0.1, -0.05) is 18.2 Å². The van der Waals surface area contributed by atoms with Gasteiger partial charge in [0.25, 0.3) is 5.91 Å². The zero-order valence-electron chi connectivity index (χ0n) is 14.9. The van der Waals surface area contributed by atoms with Crippen LogP contribution in [0.2, 0.25) is 0 Å². The van der Waals surface area contributed by atoms with Gasteiger partial charge in [0.1, 0.15) is 0 Å². The van der Waals surface area contributed by atoms with E-state index < -0.39 is 0 Å². The Labute approximate surface area is 148 Å². The number of pyridine rings is 1. The molecule has 1 atom stereocenters. The molecule has 5 heteroatoms. The predicted octanol–water partition coefficient (Wildman–Crippen LogP) is 2.72. The van der Waals surface area contributed by atoms with Crippen molar-refractivity contribution in [2.75, 3.05) is 13.1 Å². The molecule has 130 valence electrons. The molecule has 2 amide bonds. The Morgan fingerprint density at radius 3 is 2.48 bits per heavy atom. The maximum Gasteiger partial charge on any atom is 0.253 e. The quantitative estimate of drug-likeness (QED) is 0.937. The van der Waals surface area contributed by atoms with Crippen LogP contribution in [0.4, 0.5) is 0 Å². The van der Waals surface area contributed by atoms with Crippen molar-refractivity contribution in [3.8, 4) is 11.1 Å². The normalized spacial score (nSPS) is 16.8. The van der Waals surface area contributed by atoms with Crippen molar-refractivity contribution >= 4 is 11.8 Å². The van der Waals surface area contributed by atoms with E-state index in [1.54, 1.807) is 4.90 Å². The molecule has 3 rings (SSSR count). The fourth-order valence-electron chi connectivity index (χ4n) is 3.32. The Kier molecular flexibility index (Phi) is 4.83. The standard InChI is InChI=1S/C20H23N3O2/c1-13-4-9-19(14(2)21-13)16-5-7-17(8-6-16)20(25)23-11-10-18(12-23)22-15(3)24/h4-9,18H,10-12H2,1-3H3,(H,22,24)/t18-/m0/s1. The molecular formula is C20H23N3O2. The summed E-state index contributed by atoms with van der Waals surface area (Å²) in [5.41, 5.74) is 4.79. The predicted molar refractivity (Wildman–Crippen MR) is 97.3 cm³/mol.